The second-order valence-electron chi connectivity index (χ2n) is 6.09. The summed E-state index contributed by atoms with van der Waals surface area (Å²) in [6, 6.07) is 3.68. The maximum absolute atomic E-state index is 10.7. The number of carbonyl (C=O) groups is 1. The smallest absolute Gasteiger partial charge is 0.303 e. The fourth-order valence-electron chi connectivity index (χ4n) is 2.84. The van der Waals surface area contributed by atoms with Crippen LogP contribution < -0.4 is 0 Å². The topological polar surface area (TPSA) is 90.7 Å². The summed E-state index contributed by atoms with van der Waals surface area (Å²) >= 11 is 0. The molecule has 0 amide bonds. The highest BCUT2D eigenvalue weighted by atomic mass is 16.4. The molecular weight excluding hydrogens is 318 g/mol. The summed E-state index contributed by atoms with van der Waals surface area (Å²) in [4.78, 5) is 14.8. The summed E-state index contributed by atoms with van der Waals surface area (Å²) < 4.78 is 0. The number of aromatic hydroxyl groups is 2. The standard InChI is InChI=1S/C20H23NO4/c1-12-13(2)20(25)18(14(3)19(12)24)16(8-4-5-9-17(22)23)15-7-6-10-21-11-15/h6-8,10-11,24-25H,4-5,9H2,1-3H3,(H,22,23)/b16-8+. The summed E-state index contributed by atoms with van der Waals surface area (Å²) in [5.74, 6) is -0.550. The summed E-state index contributed by atoms with van der Waals surface area (Å²) in [5, 5.41) is 29.9. The average molecular weight is 341 g/mol. The van der Waals surface area contributed by atoms with Gasteiger partial charge in [0.25, 0.3) is 0 Å². The van der Waals surface area contributed by atoms with Gasteiger partial charge in [0.15, 0.2) is 0 Å². The van der Waals surface area contributed by atoms with Gasteiger partial charge in [0.1, 0.15) is 11.5 Å². The van der Waals surface area contributed by atoms with Crippen molar-refractivity contribution in [2.24, 2.45) is 0 Å². The molecule has 1 aromatic carbocycles. The number of carboxylic acids is 1. The van der Waals surface area contributed by atoms with Crippen LogP contribution in [0, 0.1) is 20.8 Å². The third-order valence-corrected chi connectivity index (χ3v) is 4.43. The van der Waals surface area contributed by atoms with Gasteiger partial charge in [-0.1, -0.05) is 12.1 Å². The minimum Gasteiger partial charge on any atom is -0.507 e. The third-order valence-electron chi connectivity index (χ3n) is 4.43. The molecule has 1 aromatic heterocycles. The molecule has 0 aliphatic heterocycles. The fraction of sp³-hybridized carbons (Fsp3) is 0.300. The molecule has 0 unspecified atom stereocenters. The van der Waals surface area contributed by atoms with Crippen LogP contribution in [0.4, 0.5) is 0 Å². The molecule has 0 atom stereocenters. The van der Waals surface area contributed by atoms with Crippen LogP contribution in [0.1, 0.15) is 47.1 Å². The zero-order chi connectivity index (χ0) is 18.6. The molecule has 2 rings (SSSR count). The van der Waals surface area contributed by atoms with Crippen LogP contribution in [-0.4, -0.2) is 26.3 Å². The van der Waals surface area contributed by atoms with E-state index in [0.717, 1.165) is 11.1 Å². The zero-order valence-electron chi connectivity index (χ0n) is 14.7. The molecule has 0 bridgehead atoms. The molecule has 5 nitrogen and oxygen atoms in total. The molecule has 0 spiro atoms. The molecule has 0 aliphatic rings. The van der Waals surface area contributed by atoms with E-state index in [1.807, 2.05) is 12.1 Å². The lowest BCUT2D eigenvalue weighted by atomic mass is 9.89. The Balaban J connectivity index is 2.57. The van der Waals surface area contributed by atoms with Crippen molar-refractivity contribution in [2.45, 2.75) is 40.0 Å². The van der Waals surface area contributed by atoms with Crippen LogP contribution >= 0.6 is 0 Å². The van der Waals surface area contributed by atoms with Gasteiger partial charge in [-0.25, -0.2) is 0 Å². The number of pyridine rings is 1. The third kappa shape index (κ3) is 3.99. The normalized spacial score (nSPS) is 11.6. The molecule has 2 aromatic rings. The number of unbranched alkanes of at least 4 members (excludes halogenated alkanes) is 1. The first kappa shape index (κ1) is 18.5. The van der Waals surface area contributed by atoms with Gasteiger partial charge in [0.05, 0.1) is 0 Å². The highest BCUT2D eigenvalue weighted by Gasteiger charge is 2.20. The van der Waals surface area contributed by atoms with Gasteiger partial charge in [-0.05, 0) is 56.4 Å². The van der Waals surface area contributed by atoms with Crippen molar-refractivity contribution in [3.8, 4) is 11.5 Å². The van der Waals surface area contributed by atoms with E-state index < -0.39 is 5.97 Å². The van der Waals surface area contributed by atoms with Crippen molar-refractivity contribution >= 4 is 11.5 Å². The minimum atomic E-state index is -0.834. The molecule has 132 valence electrons. The highest BCUT2D eigenvalue weighted by molar-refractivity contribution is 5.86. The summed E-state index contributed by atoms with van der Waals surface area (Å²) in [7, 11) is 0. The van der Waals surface area contributed by atoms with Crippen molar-refractivity contribution < 1.29 is 20.1 Å². The van der Waals surface area contributed by atoms with Crippen LogP contribution in [-0.2, 0) is 4.79 Å². The molecule has 5 heteroatoms. The summed E-state index contributed by atoms with van der Waals surface area (Å²) in [6.07, 6.45) is 6.37. The maximum Gasteiger partial charge on any atom is 0.303 e. The summed E-state index contributed by atoms with van der Waals surface area (Å²) in [6.45, 7) is 5.29. The van der Waals surface area contributed by atoms with E-state index in [0.29, 0.717) is 35.1 Å². The number of benzene rings is 1. The molecule has 0 aliphatic carbocycles. The second-order valence-corrected chi connectivity index (χ2v) is 6.09. The largest absolute Gasteiger partial charge is 0.507 e. The molecule has 25 heavy (non-hydrogen) atoms. The van der Waals surface area contributed by atoms with Gasteiger partial charge >= 0.3 is 5.97 Å². The lowest BCUT2D eigenvalue weighted by Gasteiger charge is -2.18. The van der Waals surface area contributed by atoms with E-state index in [-0.39, 0.29) is 17.9 Å². The van der Waals surface area contributed by atoms with Crippen molar-refractivity contribution in [1.82, 2.24) is 4.98 Å². The van der Waals surface area contributed by atoms with Crippen LogP contribution in [0.2, 0.25) is 0 Å². The fourth-order valence-corrected chi connectivity index (χ4v) is 2.84. The molecular formula is C20H23NO4. The average Bonchev–Trinajstić information content (AvgIpc) is 2.60. The van der Waals surface area contributed by atoms with Crippen molar-refractivity contribution in [1.29, 1.82) is 0 Å². The number of nitrogens with zero attached hydrogens (tertiary/aromatic N) is 1. The predicted octanol–water partition coefficient (Wildman–Crippen LogP) is 4.10. The van der Waals surface area contributed by atoms with Gasteiger partial charge in [-0.3, -0.25) is 9.78 Å². The first-order valence-electron chi connectivity index (χ1n) is 8.19. The number of hydrogen-bond acceptors (Lipinski definition) is 4. The first-order valence-corrected chi connectivity index (χ1v) is 8.19. The van der Waals surface area contributed by atoms with E-state index in [4.69, 9.17) is 5.11 Å². The number of allylic oxidation sites excluding steroid dienone is 1. The van der Waals surface area contributed by atoms with Crippen LogP contribution in [0.3, 0.4) is 0 Å². The second kappa shape index (κ2) is 7.83. The van der Waals surface area contributed by atoms with Crippen LogP contribution in [0.5, 0.6) is 11.5 Å². The van der Waals surface area contributed by atoms with Crippen LogP contribution in [0.25, 0.3) is 5.57 Å². The van der Waals surface area contributed by atoms with Gasteiger partial charge in [0.2, 0.25) is 0 Å². The number of phenolic OH excluding ortho intramolecular Hbond substituents is 2. The molecule has 0 saturated heterocycles. The van der Waals surface area contributed by atoms with Gasteiger partial charge < -0.3 is 15.3 Å². The number of hydrogen-bond donors (Lipinski definition) is 3. The highest BCUT2D eigenvalue weighted by Crippen LogP contribution is 2.42. The quantitative estimate of drug-likeness (QED) is 0.543. The molecule has 3 N–H and O–H groups in total. The van der Waals surface area contributed by atoms with Gasteiger partial charge in [-0.2, -0.15) is 0 Å². The Labute approximate surface area is 147 Å². The van der Waals surface area contributed by atoms with Crippen molar-refractivity contribution in [2.75, 3.05) is 0 Å². The SMILES string of the molecule is Cc1c(C)c(O)c(/C(=C/CCCC(=O)O)c2cccnc2)c(C)c1O. The van der Waals surface area contributed by atoms with E-state index >= 15 is 0 Å². The van der Waals surface area contributed by atoms with E-state index in [1.54, 1.807) is 39.2 Å². The monoisotopic (exact) mass is 341 g/mol. The Morgan fingerprint density at radius 1 is 1.12 bits per heavy atom. The van der Waals surface area contributed by atoms with E-state index in [1.165, 1.54) is 0 Å². The number of rotatable bonds is 6. The Morgan fingerprint density at radius 3 is 2.40 bits per heavy atom. The minimum absolute atomic E-state index is 0.0833. The van der Waals surface area contributed by atoms with E-state index in [9.17, 15) is 15.0 Å². The number of aromatic nitrogens is 1. The van der Waals surface area contributed by atoms with E-state index in [2.05, 4.69) is 4.98 Å². The number of carboxylic acid groups (broad SMARTS) is 1. The molecule has 0 fully saturated rings. The number of aliphatic carboxylic acids is 1. The van der Waals surface area contributed by atoms with Gasteiger partial charge in [0, 0.05) is 35.5 Å². The lowest BCUT2D eigenvalue weighted by Crippen LogP contribution is -1.99. The van der Waals surface area contributed by atoms with Crippen LogP contribution in [0.15, 0.2) is 30.6 Å². The number of phenols is 2. The Kier molecular flexibility index (Phi) is 5.80. The lowest BCUT2D eigenvalue weighted by molar-refractivity contribution is -0.137. The predicted molar refractivity (Wildman–Crippen MR) is 96.8 cm³/mol. The molecule has 0 radical (unpaired) electrons. The Morgan fingerprint density at radius 2 is 1.80 bits per heavy atom. The molecule has 1 heterocycles. The first-order chi connectivity index (χ1) is 11.8. The van der Waals surface area contributed by atoms with Crippen molar-refractivity contribution in [3.63, 3.8) is 0 Å². The Bertz CT molecular complexity index is 781. The maximum atomic E-state index is 10.7. The zero-order valence-corrected chi connectivity index (χ0v) is 14.7. The van der Waals surface area contributed by atoms with Crippen molar-refractivity contribution in [3.05, 3.63) is 58.4 Å². The Hall–Kier alpha value is -2.82. The summed E-state index contributed by atoms with van der Waals surface area (Å²) in [5.41, 5.74) is 3.97. The van der Waals surface area contributed by atoms with Gasteiger partial charge in [-0.15, -0.1) is 0 Å². The molecule has 0 saturated carbocycles.